The number of nitrogens with one attached hydrogen (secondary N) is 1. The van der Waals surface area contributed by atoms with Gasteiger partial charge in [-0.3, -0.25) is 9.97 Å². The Morgan fingerprint density at radius 1 is 0.284 bits per heavy atom. The van der Waals surface area contributed by atoms with E-state index in [9.17, 15) is 0 Å². The van der Waals surface area contributed by atoms with Crippen LogP contribution < -0.4 is 24.8 Å². The minimum absolute atomic E-state index is 0. The number of aromatic nitrogens is 8. The molecule has 74 heavy (non-hydrogen) atoms. The van der Waals surface area contributed by atoms with Gasteiger partial charge in [-0.05, 0) is 100 Å². The van der Waals surface area contributed by atoms with Crippen molar-refractivity contribution < 1.29 is 44.6 Å². The van der Waals surface area contributed by atoms with Gasteiger partial charge in [0, 0.05) is 50.3 Å². The van der Waals surface area contributed by atoms with Crippen LogP contribution in [0.3, 0.4) is 0 Å². The first-order chi connectivity index (χ1) is 35.2. The summed E-state index contributed by atoms with van der Waals surface area (Å²) in [7, 11) is 0. The topological polar surface area (TPSA) is 106 Å². The fourth-order valence-corrected chi connectivity index (χ4v) is 9.57. The molecule has 11 heteroatoms. The van der Waals surface area contributed by atoms with Gasteiger partial charge < -0.3 is 29.8 Å². The molecule has 0 spiro atoms. The molecule has 0 saturated heterocycles. The molecule has 7 aromatic heterocycles. The summed E-state index contributed by atoms with van der Waals surface area (Å²) in [5.41, 5.74) is 12.5. The molecule has 350 valence electrons. The maximum atomic E-state index is 5.14. The van der Waals surface area contributed by atoms with E-state index in [1.54, 1.807) is 0 Å². The molecule has 0 fully saturated rings. The fourth-order valence-electron chi connectivity index (χ4n) is 9.57. The van der Waals surface area contributed by atoms with Gasteiger partial charge in [-0.15, -0.1) is 0 Å². The van der Waals surface area contributed by atoms with Crippen LogP contribution in [-0.4, -0.2) is 39.9 Å². The third kappa shape index (κ3) is 9.25. The number of hydrogen-bond donors (Lipinski definition) is 1. The first-order valence-corrected chi connectivity index (χ1v) is 23.5. The number of H-pyrrole nitrogens is 1. The number of halogens is 2. The number of imidazole rings is 1. The van der Waals surface area contributed by atoms with E-state index in [-0.39, 0.29) is 44.6 Å². The number of fused-ring (bicyclic) bond motifs is 12. The van der Waals surface area contributed by atoms with Crippen molar-refractivity contribution in [2.75, 3.05) is 0 Å². The molecule has 0 aliphatic heterocycles. The van der Waals surface area contributed by atoms with Gasteiger partial charge >= 0.3 is 19.8 Å². The predicted molar refractivity (Wildman–Crippen MR) is 292 cm³/mol. The van der Waals surface area contributed by atoms with E-state index in [1.807, 2.05) is 122 Å². The number of pyridine rings is 6. The molecule has 0 aliphatic rings. The molecule has 15 rings (SSSR count). The quantitative estimate of drug-likeness (QED) is 0.139. The van der Waals surface area contributed by atoms with Gasteiger partial charge in [-0.1, -0.05) is 146 Å². The van der Waals surface area contributed by atoms with Crippen molar-refractivity contribution in [3.8, 4) is 34.2 Å². The molecule has 0 atom stereocenters. The zero-order chi connectivity index (χ0) is 47.1. The Hall–Kier alpha value is -8.57. The Morgan fingerprint density at radius 3 is 1.04 bits per heavy atom. The second kappa shape index (κ2) is 21.3. The van der Waals surface area contributed by atoms with Crippen molar-refractivity contribution in [3.05, 3.63) is 237 Å². The van der Waals surface area contributed by atoms with Crippen molar-refractivity contribution in [1.82, 2.24) is 39.9 Å². The molecule has 0 saturated carbocycles. The first kappa shape index (κ1) is 49.0. The molecule has 15 aromatic rings. The summed E-state index contributed by atoms with van der Waals surface area (Å²) in [5, 5.41) is 11.4. The summed E-state index contributed by atoms with van der Waals surface area (Å²) < 4.78 is 0. The molecule has 0 bridgehead atoms. The third-order valence-electron chi connectivity index (χ3n) is 13.0. The second-order valence-corrected chi connectivity index (χ2v) is 17.4. The normalized spacial score (nSPS) is 10.9. The van der Waals surface area contributed by atoms with Crippen molar-refractivity contribution in [3.63, 3.8) is 0 Å². The number of nitrogens with zero attached hydrogens (tertiary/aromatic N) is 7. The van der Waals surface area contributed by atoms with Crippen molar-refractivity contribution >= 4 is 98.0 Å². The average Bonchev–Trinajstić information content (AvgIpc) is 3.91. The number of benzene rings is 8. The molecule has 7 heterocycles. The number of rotatable bonds is 3. The summed E-state index contributed by atoms with van der Waals surface area (Å²) in [6.45, 7) is 0. The van der Waals surface area contributed by atoms with E-state index < -0.39 is 0 Å². The van der Waals surface area contributed by atoms with Gasteiger partial charge in [0.05, 0.1) is 66.9 Å². The van der Waals surface area contributed by atoms with Crippen LogP contribution in [0.25, 0.3) is 132 Å². The van der Waals surface area contributed by atoms with E-state index in [0.717, 1.165) is 111 Å². The Labute approximate surface area is 450 Å². The smallest absolute Gasteiger partial charge is 1.00 e. The maximum Gasteiger partial charge on any atom is 6.00 e. The molecule has 0 amide bonds. The standard InChI is InChI=1S/C27H16N4.2C18H12N2.2ClH.Os/c1-3-9-18-16(7-1)15-17-8-2-4-10-19(17)22(18)27-30-25-20-11-5-13-28-23(20)24-21(26(25)31-27)12-6-14-29-24;2*1-3-7-15-13(5-1)9-11-17(19-15)18-12-10-14-6-2-4-8-16(14)20-18;;;/h1-15H,(H,30,31);2*1-12H;2*1H;/q;;;;;+6/p-2. The Kier molecular flexibility index (Phi) is 14.1. The fraction of sp³-hybridized carbons (Fsp3) is 0. The number of aromatic amines is 1. The van der Waals surface area contributed by atoms with Crippen LogP contribution in [0, 0.1) is 0 Å². The minimum atomic E-state index is 0. The van der Waals surface area contributed by atoms with E-state index in [2.05, 4.69) is 150 Å². The summed E-state index contributed by atoms with van der Waals surface area (Å²) in [5.74, 6) is 0.865. The van der Waals surface area contributed by atoms with Crippen LogP contribution >= 0.6 is 0 Å². The molecule has 0 radical (unpaired) electrons. The SMILES string of the molecule is [Cl-].[Cl-].[Os+6].c1ccc2c(-c3nc4c5cccnc5c5ncccc5c4[nH]3)c3ccccc3cc2c1.c1ccc2nc(-c3ccc4ccccc4n3)ccc2c1.c1ccc2nc(-c3ccc4ccccc4n3)ccc2c1. The molecule has 8 aromatic carbocycles. The molecule has 0 unspecified atom stereocenters. The van der Waals surface area contributed by atoms with Crippen LogP contribution in [0.1, 0.15) is 0 Å². The van der Waals surface area contributed by atoms with Gasteiger partial charge in [-0.25, -0.2) is 24.9 Å². The monoisotopic (exact) mass is 1170 g/mol. The summed E-state index contributed by atoms with van der Waals surface area (Å²) in [6.07, 6.45) is 3.63. The molecule has 0 aliphatic carbocycles. The number of para-hydroxylation sites is 4. The van der Waals surface area contributed by atoms with E-state index in [0.29, 0.717) is 0 Å². The van der Waals surface area contributed by atoms with E-state index in [4.69, 9.17) is 4.98 Å². The average molecular weight is 1170 g/mol. The Morgan fingerprint density at radius 2 is 0.622 bits per heavy atom. The van der Waals surface area contributed by atoms with E-state index in [1.165, 1.54) is 21.5 Å². The zero-order valence-corrected chi connectivity index (χ0v) is 43.3. The van der Waals surface area contributed by atoms with Gasteiger partial charge in [0.2, 0.25) is 0 Å². The third-order valence-corrected chi connectivity index (χ3v) is 13.0. The van der Waals surface area contributed by atoms with Gasteiger partial charge in [0.1, 0.15) is 5.82 Å². The second-order valence-electron chi connectivity index (χ2n) is 17.4. The van der Waals surface area contributed by atoms with Gasteiger partial charge in [-0.2, -0.15) is 0 Å². The largest absolute Gasteiger partial charge is 6.00 e. The molecule has 1 N–H and O–H groups in total. The van der Waals surface area contributed by atoms with Crippen LogP contribution in [0.15, 0.2) is 237 Å². The molecule has 8 nitrogen and oxygen atoms in total. The summed E-state index contributed by atoms with van der Waals surface area (Å²) >= 11 is 0. The Bertz CT molecular complexity index is 4090. The van der Waals surface area contributed by atoms with Crippen molar-refractivity contribution in [2.45, 2.75) is 0 Å². The summed E-state index contributed by atoms with van der Waals surface area (Å²) in [4.78, 5) is 36.8. The Balaban J connectivity index is 0.000000129. The molecular formula is C63H40Cl2N8Os+4. The van der Waals surface area contributed by atoms with Crippen LogP contribution in [-0.2, 0) is 19.8 Å². The summed E-state index contributed by atoms with van der Waals surface area (Å²) in [6, 6.07) is 76.3. The zero-order valence-electron chi connectivity index (χ0n) is 39.3. The predicted octanol–water partition coefficient (Wildman–Crippen LogP) is 9.54. The van der Waals surface area contributed by atoms with Crippen LogP contribution in [0.5, 0.6) is 0 Å². The van der Waals surface area contributed by atoms with Crippen molar-refractivity contribution in [2.24, 2.45) is 0 Å². The van der Waals surface area contributed by atoms with Crippen LogP contribution in [0.2, 0.25) is 0 Å². The van der Waals surface area contributed by atoms with E-state index >= 15 is 0 Å². The van der Waals surface area contributed by atoms with Gasteiger partial charge in [0.25, 0.3) is 0 Å². The maximum absolute atomic E-state index is 5.14. The molecular weight excluding hydrogens is 1130 g/mol. The van der Waals surface area contributed by atoms with Crippen molar-refractivity contribution in [1.29, 1.82) is 0 Å². The first-order valence-electron chi connectivity index (χ1n) is 23.5. The minimum Gasteiger partial charge on any atom is -1.00 e. The van der Waals surface area contributed by atoms with Gasteiger partial charge in [0.15, 0.2) is 0 Å². The number of hydrogen-bond acceptors (Lipinski definition) is 7. The van der Waals surface area contributed by atoms with Crippen LogP contribution in [0.4, 0.5) is 0 Å².